The summed E-state index contributed by atoms with van der Waals surface area (Å²) in [5.74, 6) is 0.233. The van der Waals surface area contributed by atoms with Gasteiger partial charge < -0.3 is 4.74 Å². The topological polar surface area (TPSA) is 26.3 Å². The maximum absolute atomic E-state index is 12.4. The highest BCUT2D eigenvalue weighted by Gasteiger charge is 2.15. The quantitative estimate of drug-likeness (QED) is 0.560. The maximum atomic E-state index is 12.4. The summed E-state index contributed by atoms with van der Waals surface area (Å²) in [7, 11) is 0. The number of hydrogen-bond donors (Lipinski definition) is 0. The number of carbonyl (C=O) groups excluding carboxylic acids is 1. The molecule has 0 fully saturated rings. The summed E-state index contributed by atoms with van der Waals surface area (Å²) in [6.45, 7) is 5.92. The lowest BCUT2D eigenvalue weighted by atomic mass is 10.0. The molecule has 0 aliphatic rings. The molecule has 0 aliphatic heterocycles. The zero-order valence-electron chi connectivity index (χ0n) is 11.5. The first-order valence-electron chi connectivity index (χ1n) is 6.35. The van der Waals surface area contributed by atoms with E-state index in [4.69, 9.17) is 27.9 Å². The van der Waals surface area contributed by atoms with Gasteiger partial charge in [0.15, 0.2) is 11.5 Å². The molecule has 0 atom stereocenters. The van der Waals surface area contributed by atoms with Crippen molar-refractivity contribution in [2.45, 2.75) is 6.92 Å². The van der Waals surface area contributed by atoms with Crippen LogP contribution in [0.3, 0.4) is 0 Å². The van der Waals surface area contributed by atoms with Crippen molar-refractivity contribution in [1.29, 1.82) is 0 Å². The Hall–Kier alpha value is -1.77. The van der Waals surface area contributed by atoms with Gasteiger partial charge in [-0.15, -0.1) is 0 Å². The van der Waals surface area contributed by atoms with Gasteiger partial charge in [0.05, 0.1) is 10.0 Å². The summed E-state index contributed by atoms with van der Waals surface area (Å²) < 4.78 is 5.49. The second kappa shape index (κ2) is 6.79. The van der Waals surface area contributed by atoms with Crippen molar-refractivity contribution in [3.05, 3.63) is 75.8 Å². The number of ether oxygens (including phenoxy) is 1. The first-order valence-corrected chi connectivity index (χ1v) is 7.10. The van der Waals surface area contributed by atoms with E-state index in [0.717, 1.165) is 5.57 Å². The lowest BCUT2D eigenvalue weighted by Gasteiger charge is -2.11. The van der Waals surface area contributed by atoms with Gasteiger partial charge in [0.2, 0.25) is 0 Å². The Kier molecular flexibility index (Phi) is 5.05. The monoisotopic (exact) mass is 320 g/mol. The van der Waals surface area contributed by atoms with Crippen molar-refractivity contribution in [3.63, 3.8) is 0 Å². The molecule has 0 bridgehead atoms. The highest BCUT2D eigenvalue weighted by molar-refractivity contribution is 6.38. The zero-order chi connectivity index (χ0) is 15.4. The minimum absolute atomic E-state index is 0.133. The van der Waals surface area contributed by atoms with Gasteiger partial charge in [0.1, 0.15) is 6.61 Å². The number of rotatable bonds is 5. The van der Waals surface area contributed by atoms with Crippen molar-refractivity contribution in [2.75, 3.05) is 6.61 Å². The summed E-state index contributed by atoms with van der Waals surface area (Å²) in [5.41, 5.74) is 1.87. The van der Waals surface area contributed by atoms with Crippen LogP contribution in [0.5, 0.6) is 5.75 Å². The van der Waals surface area contributed by atoms with E-state index in [9.17, 15) is 4.79 Å². The third kappa shape index (κ3) is 3.87. The Bertz CT molecular complexity index is 655. The first kappa shape index (κ1) is 15.6. The normalized spacial score (nSPS) is 10.2. The van der Waals surface area contributed by atoms with Crippen LogP contribution in [0.2, 0.25) is 10.0 Å². The van der Waals surface area contributed by atoms with Crippen LogP contribution < -0.4 is 4.74 Å². The average Bonchev–Trinajstić information content (AvgIpc) is 2.46. The van der Waals surface area contributed by atoms with E-state index in [1.54, 1.807) is 36.4 Å². The van der Waals surface area contributed by atoms with Gasteiger partial charge >= 0.3 is 0 Å². The Balaban J connectivity index is 2.31. The van der Waals surface area contributed by atoms with E-state index in [-0.39, 0.29) is 5.78 Å². The lowest BCUT2D eigenvalue weighted by molar-refractivity contribution is 0.103. The van der Waals surface area contributed by atoms with Crippen LogP contribution in [0.1, 0.15) is 22.8 Å². The Morgan fingerprint density at radius 1 is 1.10 bits per heavy atom. The van der Waals surface area contributed by atoms with Crippen LogP contribution >= 0.6 is 23.2 Å². The number of hydrogen-bond acceptors (Lipinski definition) is 2. The molecule has 2 aromatic carbocycles. The number of halogens is 2. The van der Waals surface area contributed by atoms with E-state index in [2.05, 4.69) is 6.58 Å². The molecular weight excluding hydrogens is 307 g/mol. The van der Waals surface area contributed by atoms with Crippen LogP contribution in [0.4, 0.5) is 0 Å². The Morgan fingerprint density at radius 2 is 1.67 bits per heavy atom. The molecular formula is C17H14Cl2O2. The third-order valence-electron chi connectivity index (χ3n) is 2.76. The number of benzene rings is 2. The molecule has 0 aromatic heterocycles. The fourth-order valence-electron chi connectivity index (χ4n) is 1.78. The molecule has 0 saturated heterocycles. The van der Waals surface area contributed by atoms with Crippen molar-refractivity contribution < 1.29 is 9.53 Å². The third-order valence-corrected chi connectivity index (χ3v) is 3.32. The fraction of sp³-hybridized carbons (Fsp3) is 0.118. The summed E-state index contributed by atoms with van der Waals surface area (Å²) in [4.78, 5) is 12.4. The Morgan fingerprint density at radius 3 is 2.19 bits per heavy atom. The van der Waals surface area contributed by atoms with Gasteiger partial charge in [0.25, 0.3) is 0 Å². The highest BCUT2D eigenvalue weighted by Crippen LogP contribution is 2.35. The summed E-state index contributed by atoms with van der Waals surface area (Å²) in [6.07, 6.45) is 0. The standard InChI is InChI=1S/C17H14Cl2O2/c1-11(2)10-21-17-14(18)8-13(9-15(17)19)16(20)12-6-4-3-5-7-12/h3-9H,1,10H2,2H3. The fourth-order valence-corrected chi connectivity index (χ4v) is 2.38. The zero-order valence-corrected chi connectivity index (χ0v) is 13.0. The molecule has 2 rings (SSSR count). The van der Waals surface area contributed by atoms with Crippen molar-refractivity contribution in [2.24, 2.45) is 0 Å². The van der Waals surface area contributed by atoms with Gasteiger partial charge in [-0.1, -0.05) is 60.1 Å². The van der Waals surface area contributed by atoms with E-state index < -0.39 is 0 Å². The minimum atomic E-state index is -0.133. The molecule has 0 aliphatic carbocycles. The molecule has 4 heteroatoms. The van der Waals surface area contributed by atoms with Crippen LogP contribution in [-0.4, -0.2) is 12.4 Å². The lowest BCUT2D eigenvalue weighted by Crippen LogP contribution is -2.03. The largest absolute Gasteiger partial charge is 0.486 e. The Labute approximate surface area is 134 Å². The van der Waals surface area contributed by atoms with Crippen LogP contribution in [0, 0.1) is 0 Å². The van der Waals surface area contributed by atoms with Gasteiger partial charge in [0, 0.05) is 11.1 Å². The highest BCUT2D eigenvalue weighted by atomic mass is 35.5. The molecule has 0 unspecified atom stereocenters. The molecule has 0 heterocycles. The van der Waals surface area contributed by atoms with Crippen LogP contribution in [-0.2, 0) is 0 Å². The second-order valence-corrected chi connectivity index (χ2v) is 5.52. The molecule has 108 valence electrons. The molecule has 2 aromatic rings. The molecule has 0 spiro atoms. The van der Waals surface area contributed by atoms with Crippen molar-refractivity contribution >= 4 is 29.0 Å². The van der Waals surface area contributed by atoms with Crippen LogP contribution in [0.15, 0.2) is 54.6 Å². The number of ketones is 1. The maximum Gasteiger partial charge on any atom is 0.193 e. The van der Waals surface area contributed by atoms with Gasteiger partial charge in [-0.25, -0.2) is 0 Å². The molecule has 0 amide bonds. The molecule has 21 heavy (non-hydrogen) atoms. The van der Waals surface area contributed by atoms with Gasteiger partial charge in [-0.05, 0) is 24.6 Å². The minimum Gasteiger partial charge on any atom is -0.486 e. The first-order chi connectivity index (χ1) is 9.99. The summed E-state index contributed by atoms with van der Waals surface area (Å²) >= 11 is 12.3. The van der Waals surface area contributed by atoms with Crippen LogP contribution in [0.25, 0.3) is 0 Å². The molecule has 2 nitrogen and oxygen atoms in total. The second-order valence-electron chi connectivity index (χ2n) is 4.71. The smallest absolute Gasteiger partial charge is 0.193 e. The molecule has 0 saturated carbocycles. The van der Waals surface area contributed by atoms with E-state index in [1.165, 1.54) is 0 Å². The van der Waals surface area contributed by atoms with E-state index in [1.807, 2.05) is 13.0 Å². The predicted octanol–water partition coefficient (Wildman–Crippen LogP) is 5.18. The predicted molar refractivity (Wildman–Crippen MR) is 86.6 cm³/mol. The molecule has 0 N–H and O–H groups in total. The van der Waals surface area contributed by atoms with Crippen molar-refractivity contribution in [1.82, 2.24) is 0 Å². The summed E-state index contributed by atoms with van der Waals surface area (Å²) in [6, 6.07) is 12.1. The SMILES string of the molecule is C=C(C)COc1c(Cl)cc(C(=O)c2ccccc2)cc1Cl. The number of carbonyl (C=O) groups is 1. The molecule has 0 radical (unpaired) electrons. The summed E-state index contributed by atoms with van der Waals surface area (Å²) in [5, 5.41) is 0.617. The van der Waals surface area contributed by atoms with Gasteiger partial charge in [-0.2, -0.15) is 0 Å². The average molecular weight is 321 g/mol. The van der Waals surface area contributed by atoms with E-state index in [0.29, 0.717) is 33.5 Å². The van der Waals surface area contributed by atoms with E-state index >= 15 is 0 Å². The van der Waals surface area contributed by atoms with Crippen molar-refractivity contribution in [3.8, 4) is 5.75 Å². The van der Waals surface area contributed by atoms with Gasteiger partial charge in [-0.3, -0.25) is 4.79 Å².